The second-order valence-electron chi connectivity index (χ2n) is 5.64. The Morgan fingerprint density at radius 2 is 1.85 bits per heavy atom. The van der Waals surface area contributed by atoms with E-state index in [2.05, 4.69) is 43.9 Å². The van der Waals surface area contributed by atoms with Gasteiger partial charge in [-0.25, -0.2) is 0 Å². The molecule has 0 bridgehead atoms. The maximum absolute atomic E-state index is 11.6. The standard InChI is InChI=1S/C16H25N3O/c1-12-4-5-15(10-13(12)2)14(3)18-6-8-19(9-7-18)16(20)11-17/h4-5,10,14H,6-9,11,17H2,1-3H3. The summed E-state index contributed by atoms with van der Waals surface area (Å²) in [4.78, 5) is 15.9. The summed E-state index contributed by atoms with van der Waals surface area (Å²) < 4.78 is 0. The second-order valence-corrected chi connectivity index (χ2v) is 5.64. The highest BCUT2D eigenvalue weighted by atomic mass is 16.2. The van der Waals surface area contributed by atoms with Gasteiger partial charge in [0.1, 0.15) is 0 Å². The van der Waals surface area contributed by atoms with E-state index in [0.29, 0.717) is 6.04 Å². The van der Waals surface area contributed by atoms with Crippen LogP contribution in [0.5, 0.6) is 0 Å². The molecule has 2 rings (SSSR count). The third-order valence-electron chi connectivity index (χ3n) is 4.40. The van der Waals surface area contributed by atoms with E-state index in [4.69, 9.17) is 5.73 Å². The number of hydrogen-bond donors (Lipinski definition) is 1. The number of rotatable bonds is 3. The zero-order chi connectivity index (χ0) is 14.7. The van der Waals surface area contributed by atoms with Crippen LogP contribution in [0.25, 0.3) is 0 Å². The van der Waals surface area contributed by atoms with Crippen molar-refractivity contribution in [2.24, 2.45) is 5.73 Å². The van der Waals surface area contributed by atoms with Crippen LogP contribution in [0.15, 0.2) is 18.2 Å². The highest BCUT2D eigenvalue weighted by molar-refractivity contribution is 5.78. The van der Waals surface area contributed by atoms with Gasteiger partial charge in [-0.3, -0.25) is 9.69 Å². The number of nitrogens with zero attached hydrogens (tertiary/aromatic N) is 2. The third-order valence-corrected chi connectivity index (χ3v) is 4.40. The molecule has 1 aliphatic rings. The van der Waals surface area contributed by atoms with E-state index in [9.17, 15) is 4.79 Å². The highest BCUT2D eigenvalue weighted by Crippen LogP contribution is 2.23. The van der Waals surface area contributed by atoms with Gasteiger partial charge < -0.3 is 10.6 Å². The largest absolute Gasteiger partial charge is 0.339 e. The van der Waals surface area contributed by atoms with E-state index < -0.39 is 0 Å². The monoisotopic (exact) mass is 275 g/mol. The van der Waals surface area contributed by atoms with Gasteiger partial charge in [-0.05, 0) is 37.5 Å². The molecule has 1 atom stereocenters. The minimum Gasteiger partial charge on any atom is -0.339 e. The maximum atomic E-state index is 11.6. The van der Waals surface area contributed by atoms with Crippen LogP contribution in [0.1, 0.15) is 29.7 Å². The van der Waals surface area contributed by atoms with Gasteiger partial charge in [0.25, 0.3) is 0 Å². The summed E-state index contributed by atoms with van der Waals surface area (Å²) in [6.45, 7) is 10.1. The topological polar surface area (TPSA) is 49.6 Å². The fourth-order valence-corrected chi connectivity index (χ4v) is 2.72. The lowest BCUT2D eigenvalue weighted by molar-refractivity contribution is -0.131. The molecule has 0 saturated carbocycles. The number of carbonyl (C=O) groups is 1. The van der Waals surface area contributed by atoms with Crippen LogP contribution in [0, 0.1) is 13.8 Å². The van der Waals surface area contributed by atoms with Gasteiger partial charge in [0.2, 0.25) is 5.91 Å². The van der Waals surface area contributed by atoms with E-state index in [0.717, 1.165) is 26.2 Å². The summed E-state index contributed by atoms with van der Waals surface area (Å²) in [5, 5.41) is 0. The summed E-state index contributed by atoms with van der Waals surface area (Å²) in [6.07, 6.45) is 0. The minimum absolute atomic E-state index is 0.0588. The van der Waals surface area contributed by atoms with Gasteiger partial charge in [-0.15, -0.1) is 0 Å². The molecule has 20 heavy (non-hydrogen) atoms. The third kappa shape index (κ3) is 3.19. The van der Waals surface area contributed by atoms with Crippen LogP contribution >= 0.6 is 0 Å². The molecular formula is C16H25N3O. The van der Waals surface area contributed by atoms with Crippen molar-refractivity contribution in [3.8, 4) is 0 Å². The van der Waals surface area contributed by atoms with Crippen LogP contribution in [-0.2, 0) is 4.79 Å². The SMILES string of the molecule is Cc1ccc(C(C)N2CCN(C(=O)CN)CC2)cc1C. The Bertz CT molecular complexity index is 479. The lowest BCUT2D eigenvalue weighted by Crippen LogP contribution is -2.50. The van der Waals surface area contributed by atoms with Gasteiger partial charge in [0, 0.05) is 32.2 Å². The fraction of sp³-hybridized carbons (Fsp3) is 0.562. The van der Waals surface area contributed by atoms with Crippen molar-refractivity contribution in [3.63, 3.8) is 0 Å². The molecular weight excluding hydrogens is 250 g/mol. The fourth-order valence-electron chi connectivity index (χ4n) is 2.72. The Labute approximate surface area is 121 Å². The quantitative estimate of drug-likeness (QED) is 0.909. The molecule has 0 aromatic heterocycles. The lowest BCUT2D eigenvalue weighted by atomic mass is 10.0. The Balaban J connectivity index is 1.99. The second kappa shape index (κ2) is 6.37. The van der Waals surface area contributed by atoms with Crippen molar-refractivity contribution in [2.45, 2.75) is 26.8 Å². The average Bonchev–Trinajstić information content (AvgIpc) is 2.48. The molecule has 1 aliphatic heterocycles. The number of benzene rings is 1. The van der Waals surface area contributed by atoms with Crippen LogP contribution in [0.2, 0.25) is 0 Å². The molecule has 1 heterocycles. The predicted molar refractivity (Wildman–Crippen MR) is 81.5 cm³/mol. The molecule has 2 N–H and O–H groups in total. The normalized spacial score (nSPS) is 18.1. The number of nitrogens with two attached hydrogens (primary N) is 1. The number of aryl methyl sites for hydroxylation is 2. The molecule has 110 valence electrons. The van der Waals surface area contributed by atoms with E-state index in [1.54, 1.807) is 0 Å². The highest BCUT2D eigenvalue weighted by Gasteiger charge is 2.24. The summed E-state index contributed by atoms with van der Waals surface area (Å²) in [6, 6.07) is 7.07. The molecule has 1 unspecified atom stereocenters. The first-order valence-electron chi connectivity index (χ1n) is 7.32. The van der Waals surface area contributed by atoms with Crippen molar-refractivity contribution >= 4 is 5.91 Å². The van der Waals surface area contributed by atoms with Gasteiger partial charge in [-0.1, -0.05) is 18.2 Å². The minimum atomic E-state index is 0.0588. The smallest absolute Gasteiger partial charge is 0.236 e. The number of piperazine rings is 1. The van der Waals surface area contributed by atoms with E-state index in [1.807, 2.05) is 4.90 Å². The predicted octanol–water partition coefficient (Wildman–Crippen LogP) is 1.47. The van der Waals surface area contributed by atoms with Crippen LogP contribution in [-0.4, -0.2) is 48.4 Å². The van der Waals surface area contributed by atoms with Crippen LogP contribution in [0.4, 0.5) is 0 Å². The van der Waals surface area contributed by atoms with Crippen molar-refractivity contribution in [1.29, 1.82) is 0 Å². The Kier molecular flexibility index (Phi) is 4.78. The average molecular weight is 275 g/mol. The first-order chi connectivity index (χ1) is 9.52. The zero-order valence-electron chi connectivity index (χ0n) is 12.7. The molecule has 0 spiro atoms. The molecule has 1 amide bonds. The van der Waals surface area contributed by atoms with Crippen LogP contribution in [0.3, 0.4) is 0 Å². The molecule has 1 saturated heterocycles. The summed E-state index contributed by atoms with van der Waals surface area (Å²) >= 11 is 0. The van der Waals surface area contributed by atoms with Gasteiger partial charge in [0.15, 0.2) is 0 Å². The van der Waals surface area contributed by atoms with Gasteiger partial charge in [-0.2, -0.15) is 0 Å². The number of carbonyl (C=O) groups excluding carboxylic acids is 1. The molecule has 0 aliphatic carbocycles. The first-order valence-corrected chi connectivity index (χ1v) is 7.32. The Morgan fingerprint density at radius 3 is 2.40 bits per heavy atom. The summed E-state index contributed by atoms with van der Waals surface area (Å²) in [7, 11) is 0. The van der Waals surface area contributed by atoms with Crippen molar-refractivity contribution in [1.82, 2.24) is 9.80 Å². The van der Waals surface area contributed by atoms with Gasteiger partial charge in [0.05, 0.1) is 6.54 Å². The molecule has 1 aromatic carbocycles. The van der Waals surface area contributed by atoms with Crippen LogP contribution < -0.4 is 5.73 Å². The maximum Gasteiger partial charge on any atom is 0.236 e. The van der Waals surface area contributed by atoms with E-state index in [1.165, 1.54) is 16.7 Å². The molecule has 1 fully saturated rings. The first kappa shape index (κ1) is 15.0. The van der Waals surface area contributed by atoms with Crippen molar-refractivity contribution in [3.05, 3.63) is 34.9 Å². The molecule has 4 nitrogen and oxygen atoms in total. The lowest BCUT2D eigenvalue weighted by Gasteiger charge is -2.38. The Hall–Kier alpha value is -1.39. The van der Waals surface area contributed by atoms with E-state index in [-0.39, 0.29) is 12.5 Å². The summed E-state index contributed by atoms with van der Waals surface area (Å²) in [5.74, 6) is 0.0588. The van der Waals surface area contributed by atoms with Gasteiger partial charge >= 0.3 is 0 Å². The Morgan fingerprint density at radius 1 is 1.20 bits per heavy atom. The molecule has 0 radical (unpaired) electrons. The number of amides is 1. The van der Waals surface area contributed by atoms with Crippen molar-refractivity contribution in [2.75, 3.05) is 32.7 Å². The van der Waals surface area contributed by atoms with Crippen molar-refractivity contribution < 1.29 is 4.79 Å². The number of hydrogen-bond acceptors (Lipinski definition) is 3. The molecule has 1 aromatic rings. The molecule has 4 heteroatoms. The summed E-state index contributed by atoms with van der Waals surface area (Å²) in [5.41, 5.74) is 9.44. The zero-order valence-corrected chi connectivity index (χ0v) is 12.7. The van der Waals surface area contributed by atoms with E-state index >= 15 is 0 Å².